The van der Waals surface area contributed by atoms with Crippen molar-refractivity contribution in [2.24, 2.45) is 5.92 Å². The van der Waals surface area contributed by atoms with Gasteiger partial charge in [0, 0.05) is 31.0 Å². The first-order valence-electron chi connectivity index (χ1n) is 8.30. The molecule has 2 N–H and O–H groups in total. The van der Waals surface area contributed by atoms with Crippen molar-refractivity contribution in [1.82, 2.24) is 25.3 Å². The van der Waals surface area contributed by atoms with E-state index in [-0.39, 0.29) is 24.3 Å². The monoisotopic (exact) mass is 401 g/mol. The van der Waals surface area contributed by atoms with E-state index in [4.69, 9.17) is 11.6 Å². The average Bonchev–Trinajstić information content (AvgIpc) is 3.23. The SMILES string of the molecule is CN(Cc1nccn1CC(F)(F)F)C(=O)C1CNNC1c1ccc(Cl)cc1. The van der Waals surface area contributed by atoms with E-state index in [1.165, 1.54) is 17.3 Å². The Balaban J connectivity index is 1.70. The summed E-state index contributed by atoms with van der Waals surface area (Å²) >= 11 is 5.91. The van der Waals surface area contributed by atoms with Crippen LogP contribution in [-0.4, -0.2) is 40.1 Å². The number of hydrazine groups is 1. The smallest absolute Gasteiger partial charge is 0.338 e. The topological polar surface area (TPSA) is 62.2 Å². The Morgan fingerprint density at radius 1 is 1.37 bits per heavy atom. The highest BCUT2D eigenvalue weighted by Crippen LogP contribution is 2.28. The maximum absolute atomic E-state index is 12.9. The Hall–Kier alpha value is -2.10. The molecule has 1 amide bonds. The third-order valence-corrected chi connectivity index (χ3v) is 4.69. The first-order valence-corrected chi connectivity index (χ1v) is 8.68. The predicted molar refractivity (Wildman–Crippen MR) is 93.6 cm³/mol. The van der Waals surface area contributed by atoms with Gasteiger partial charge in [-0.15, -0.1) is 0 Å². The summed E-state index contributed by atoms with van der Waals surface area (Å²) < 4.78 is 39.0. The zero-order valence-corrected chi connectivity index (χ0v) is 15.3. The molecule has 0 radical (unpaired) electrons. The Kier molecular flexibility index (Phi) is 5.73. The van der Waals surface area contributed by atoms with Gasteiger partial charge in [-0.25, -0.2) is 10.4 Å². The number of amides is 1. The average molecular weight is 402 g/mol. The fraction of sp³-hybridized carbons (Fsp3) is 0.412. The Bertz CT molecular complexity index is 793. The van der Waals surface area contributed by atoms with Crippen LogP contribution in [0.5, 0.6) is 0 Å². The highest BCUT2D eigenvalue weighted by Gasteiger charge is 2.36. The summed E-state index contributed by atoms with van der Waals surface area (Å²) in [4.78, 5) is 18.2. The highest BCUT2D eigenvalue weighted by molar-refractivity contribution is 6.30. The zero-order valence-electron chi connectivity index (χ0n) is 14.5. The first-order chi connectivity index (χ1) is 12.7. The van der Waals surface area contributed by atoms with Crippen molar-refractivity contribution in [2.45, 2.75) is 25.3 Å². The van der Waals surface area contributed by atoms with Gasteiger partial charge in [0.05, 0.1) is 18.5 Å². The van der Waals surface area contributed by atoms with E-state index in [1.807, 2.05) is 12.1 Å². The summed E-state index contributed by atoms with van der Waals surface area (Å²) in [6.45, 7) is -0.733. The molecule has 2 heterocycles. The quantitative estimate of drug-likeness (QED) is 0.808. The van der Waals surface area contributed by atoms with Crippen LogP contribution in [0, 0.1) is 5.92 Å². The molecule has 2 atom stereocenters. The largest absolute Gasteiger partial charge is 0.406 e. The minimum absolute atomic E-state index is 0.00818. The van der Waals surface area contributed by atoms with E-state index < -0.39 is 18.6 Å². The van der Waals surface area contributed by atoms with Crippen molar-refractivity contribution in [3.8, 4) is 0 Å². The van der Waals surface area contributed by atoms with E-state index in [2.05, 4.69) is 15.8 Å². The van der Waals surface area contributed by atoms with Crippen LogP contribution in [-0.2, 0) is 17.9 Å². The van der Waals surface area contributed by atoms with Gasteiger partial charge in [-0.05, 0) is 17.7 Å². The second kappa shape index (κ2) is 7.87. The second-order valence-electron chi connectivity index (χ2n) is 6.44. The zero-order chi connectivity index (χ0) is 19.6. The molecule has 1 fully saturated rings. The molecular weight excluding hydrogens is 383 g/mol. The molecule has 6 nitrogen and oxygen atoms in total. The van der Waals surface area contributed by atoms with E-state index in [0.717, 1.165) is 10.1 Å². The fourth-order valence-electron chi connectivity index (χ4n) is 3.11. The van der Waals surface area contributed by atoms with Crippen LogP contribution in [0.25, 0.3) is 0 Å². The van der Waals surface area contributed by atoms with Crippen LogP contribution in [0.2, 0.25) is 5.02 Å². The van der Waals surface area contributed by atoms with Gasteiger partial charge < -0.3 is 9.47 Å². The molecule has 0 spiro atoms. The molecule has 2 aromatic rings. The van der Waals surface area contributed by atoms with Crippen LogP contribution < -0.4 is 10.9 Å². The molecule has 27 heavy (non-hydrogen) atoms. The summed E-state index contributed by atoms with van der Waals surface area (Å²) in [7, 11) is 1.56. The molecule has 1 aromatic carbocycles. The normalized spacial score (nSPS) is 20.0. The highest BCUT2D eigenvalue weighted by atomic mass is 35.5. The maximum Gasteiger partial charge on any atom is 0.406 e. The van der Waals surface area contributed by atoms with E-state index >= 15 is 0 Å². The Labute approximate surface area is 159 Å². The van der Waals surface area contributed by atoms with Crippen LogP contribution in [0.4, 0.5) is 13.2 Å². The van der Waals surface area contributed by atoms with Crippen molar-refractivity contribution in [3.63, 3.8) is 0 Å². The molecule has 1 aliphatic rings. The molecule has 1 aromatic heterocycles. The molecule has 10 heteroatoms. The van der Waals surface area contributed by atoms with E-state index in [0.29, 0.717) is 11.6 Å². The summed E-state index contributed by atoms with van der Waals surface area (Å²) in [6.07, 6.45) is -1.79. The predicted octanol–water partition coefficient (Wildman–Crippen LogP) is 2.52. The number of nitrogens with one attached hydrogen (secondary N) is 2. The molecule has 0 aliphatic carbocycles. The number of hydrogen-bond donors (Lipinski definition) is 2. The van der Waals surface area contributed by atoms with Crippen LogP contribution >= 0.6 is 11.6 Å². The Morgan fingerprint density at radius 2 is 2.07 bits per heavy atom. The molecule has 0 saturated carbocycles. The number of carbonyl (C=O) groups excluding carboxylic acids is 1. The molecule has 1 saturated heterocycles. The van der Waals surface area contributed by atoms with Crippen molar-refractivity contribution < 1.29 is 18.0 Å². The van der Waals surface area contributed by atoms with Gasteiger partial charge in [0.2, 0.25) is 5.91 Å². The molecule has 3 rings (SSSR count). The third kappa shape index (κ3) is 4.79. The van der Waals surface area contributed by atoms with Gasteiger partial charge in [0.1, 0.15) is 12.4 Å². The number of halogens is 4. The van der Waals surface area contributed by atoms with Crippen molar-refractivity contribution in [1.29, 1.82) is 0 Å². The van der Waals surface area contributed by atoms with Crippen molar-refractivity contribution in [2.75, 3.05) is 13.6 Å². The van der Waals surface area contributed by atoms with Gasteiger partial charge in [-0.2, -0.15) is 13.2 Å². The first kappa shape index (κ1) is 19.7. The molecular formula is C17H19ClF3N5O. The van der Waals surface area contributed by atoms with Crippen LogP contribution in [0.3, 0.4) is 0 Å². The molecule has 146 valence electrons. The van der Waals surface area contributed by atoms with Gasteiger partial charge >= 0.3 is 6.18 Å². The Morgan fingerprint density at radius 3 is 2.74 bits per heavy atom. The van der Waals surface area contributed by atoms with Gasteiger partial charge in [-0.1, -0.05) is 23.7 Å². The van der Waals surface area contributed by atoms with E-state index in [9.17, 15) is 18.0 Å². The number of hydrogen-bond acceptors (Lipinski definition) is 4. The number of imidazole rings is 1. The van der Waals surface area contributed by atoms with Crippen LogP contribution in [0.15, 0.2) is 36.7 Å². The summed E-state index contributed by atoms with van der Waals surface area (Å²) in [5, 5.41) is 0.598. The van der Waals surface area contributed by atoms with Crippen molar-refractivity contribution >= 4 is 17.5 Å². The maximum atomic E-state index is 12.9. The molecule has 1 aliphatic heterocycles. The molecule has 2 unspecified atom stereocenters. The number of nitrogens with zero attached hydrogens (tertiary/aromatic N) is 3. The minimum atomic E-state index is -4.35. The number of rotatable bonds is 5. The van der Waals surface area contributed by atoms with Crippen LogP contribution in [0.1, 0.15) is 17.4 Å². The van der Waals surface area contributed by atoms with Gasteiger partial charge in [-0.3, -0.25) is 10.2 Å². The lowest BCUT2D eigenvalue weighted by molar-refractivity contribution is -0.141. The lowest BCUT2D eigenvalue weighted by atomic mass is 9.94. The number of alkyl halides is 3. The third-order valence-electron chi connectivity index (χ3n) is 4.43. The summed E-state index contributed by atoms with van der Waals surface area (Å²) in [5.74, 6) is -0.402. The number of carbonyl (C=O) groups is 1. The summed E-state index contributed by atoms with van der Waals surface area (Å²) in [5.41, 5.74) is 6.94. The standard InChI is InChI=1S/C17H19ClF3N5O/c1-25(9-14-22-6-7-26(14)10-17(19,20)21)16(27)13-8-23-24-15(13)11-2-4-12(18)5-3-11/h2-7,13,15,23-24H,8-10H2,1H3. The van der Waals surface area contributed by atoms with Gasteiger partial charge in [0.15, 0.2) is 0 Å². The lowest BCUT2D eigenvalue weighted by Crippen LogP contribution is -2.37. The number of aromatic nitrogens is 2. The lowest BCUT2D eigenvalue weighted by Gasteiger charge is -2.24. The summed E-state index contributed by atoms with van der Waals surface area (Å²) in [6, 6.07) is 6.91. The van der Waals surface area contributed by atoms with Gasteiger partial charge in [0.25, 0.3) is 0 Å². The molecule has 0 bridgehead atoms. The minimum Gasteiger partial charge on any atom is -0.338 e. The number of benzene rings is 1. The second-order valence-corrected chi connectivity index (χ2v) is 6.88. The van der Waals surface area contributed by atoms with Crippen molar-refractivity contribution in [3.05, 3.63) is 53.1 Å². The fourth-order valence-corrected chi connectivity index (χ4v) is 3.24. The van der Waals surface area contributed by atoms with E-state index in [1.54, 1.807) is 19.2 Å².